The highest BCUT2D eigenvalue weighted by Gasteiger charge is 2.06. The van der Waals surface area contributed by atoms with Gasteiger partial charge in [-0.3, -0.25) is 4.79 Å². The van der Waals surface area contributed by atoms with Gasteiger partial charge in [0.15, 0.2) is 0 Å². The molecule has 0 aliphatic rings. The van der Waals surface area contributed by atoms with Crippen LogP contribution in [0.5, 0.6) is 0 Å². The number of nitrogen functional groups attached to an aromatic ring is 1. The number of primary amides is 1. The van der Waals surface area contributed by atoms with E-state index < -0.39 is 5.91 Å². The van der Waals surface area contributed by atoms with E-state index in [1.165, 1.54) is 4.88 Å². The van der Waals surface area contributed by atoms with Crippen LogP contribution < -0.4 is 11.5 Å². The summed E-state index contributed by atoms with van der Waals surface area (Å²) < 4.78 is 5.61. The van der Waals surface area contributed by atoms with E-state index in [0.29, 0.717) is 24.5 Å². The highest BCUT2D eigenvalue weighted by molar-refractivity contribution is 7.09. The average Bonchev–Trinajstić information content (AvgIpc) is 2.81. The van der Waals surface area contributed by atoms with E-state index in [2.05, 4.69) is 4.98 Å². The number of nitrogens with two attached hydrogens (primary N) is 2. The SMILES string of the molecule is Cc1ncsc1CCOCc1ccc(C(N)=O)cc1N. The Balaban J connectivity index is 1.85. The number of carbonyl (C=O) groups is 1. The quantitative estimate of drug-likeness (QED) is 0.628. The van der Waals surface area contributed by atoms with E-state index in [1.807, 2.05) is 12.4 Å². The molecular formula is C14H17N3O2S. The number of carbonyl (C=O) groups excluding carboxylic acids is 1. The number of hydrogen-bond donors (Lipinski definition) is 2. The van der Waals surface area contributed by atoms with Crippen molar-refractivity contribution in [1.29, 1.82) is 0 Å². The van der Waals surface area contributed by atoms with Crippen LogP contribution in [-0.2, 0) is 17.8 Å². The third-order valence-electron chi connectivity index (χ3n) is 3.01. The number of benzene rings is 1. The zero-order valence-corrected chi connectivity index (χ0v) is 12.1. The lowest BCUT2D eigenvalue weighted by Crippen LogP contribution is -2.12. The van der Waals surface area contributed by atoms with E-state index in [1.54, 1.807) is 29.5 Å². The van der Waals surface area contributed by atoms with Crippen LogP contribution in [0.15, 0.2) is 23.7 Å². The fourth-order valence-corrected chi connectivity index (χ4v) is 2.56. The van der Waals surface area contributed by atoms with Gasteiger partial charge in [0.05, 0.1) is 24.4 Å². The molecule has 1 aromatic carbocycles. The molecule has 6 heteroatoms. The number of amides is 1. The Labute approximate surface area is 121 Å². The number of anilines is 1. The Kier molecular flexibility index (Phi) is 4.70. The molecule has 1 heterocycles. The lowest BCUT2D eigenvalue weighted by Gasteiger charge is -2.08. The van der Waals surface area contributed by atoms with Crippen molar-refractivity contribution in [2.75, 3.05) is 12.3 Å². The van der Waals surface area contributed by atoms with Gasteiger partial charge in [0.1, 0.15) is 0 Å². The molecule has 0 radical (unpaired) electrons. The normalized spacial score (nSPS) is 10.7. The van der Waals surface area contributed by atoms with Gasteiger partial charge in [-0.25, -0.2) is 4.98 Å². The van der Waals surface area contributed by atoms with E-state index in [9.17, 15) is 4.79 Å². The summed E-state index contributed by atoms with van der Waals surface area (Å²) >= 11 is 1.64. The molecule has 0 saturated carbocycles. The Morgan fingerprint density at radius 3 is 2.85 bits per heavy atom. The first-order valence-corrected chi connectivity index (χ1v) is 7.11. The maximum absolute atomic E-state index is 11.0. The minimum absolute atomic E-state index is 0.409. The van der Waals surface area contributed by atoms with Crippen LogP contribution >= 0.6 is 11.3 Å². The van der Waals surface area contributed by atoms with Crippen LogP contribution in [0.2, 0.25) is 0 Å². The van der Waals surface area contributed by atoms with Gasteiger partial charge in [-0.15, -0.1) is 11.3 Å². The van der Waals surface area contributed by atoms with Gasteiger partial charge < -0.3 is 16.2 Å². The molecular weight excluding hydrogens is 274 g/mol. The summed E-state index contributed by atoms with van der Waals surface area (Å²) in [4.78, 5) is 16.4. The topological polar surface area (TPSA) is 91.2 Å². The highest BCUT2D eigenvalue weighted by atomic mass is 32.1. The van der Waals surface area contributed by atoms with Crippen molar-refractivity contribution in [2.45, 2.75) is 20.0 Å². The van der Waals surface area contributed by atoms with E-state index in [-0.39, 0.29) is 0 Å². The first-order chi connectivity index (χ1) is 9.58. The Morgan fingerprint density at radius 1 is 1.45 bits per heavy atom. The van der Waals surface area contributed by atoms with Crippen molar-refractivity contribution in [2.24, 2.45) is 5.73 Å². The summed E-state index contributed by atoms with van der Waals surface area (Å²) in [6.45, 7) is 3.02. The molecule has 0 spiro atoms. The number of nitrogens with zero attached hydrogens (tertiary/aromatic N) is 1. The lowest BCUT2D eigenvalue weighted by atomic mass is 10.1. The first-order valence-electron chi connectivity index (χ1n) is 6.23. The van der Waals surface area contributed by atoms with Crippen LogP contribution in [0.4, 0.5) is 5.69 Å². The van der Waals surface area contributed by atoms with Gasteiger partial charge in [-0.1, -0.05) is 6.07 Å². The average molecular weight is 291 g/mol. The third-order valence-corrected chi connectivity index (χ3v) is 4.00. The molecule has 2 rings (SSSR count). The van der Waals surface area contributed by atoms with Crippen LogP contribution in [-0.4, -0.2) is 17.5 Å². The molecule has 1 amide bonds. The fourth-order valence-electron chi connectivity index (χ4n) is 1.79. The van der Waals surface area contributed by atoms with Crippen molar-refractivity contribution in [3.63, 3.8) is 0 Å². The zero-order valence-electron chi connectivity index (χ0n) is 11.3. The Bertz CT molecular complexity index is 610. The standard InChI is InChI=1S/C14H17N3O2S/c1-9-13(20-8-17-9)4-5-19-7-11-3-2-10(14(16)18)6-12(11)15/h2-3,6,8H,4-5,7,15H2,1H3,(H2,16,18). The second-order valence-corrected chi connectivity index (χ2v) is 5.38. The van der Waals surface area contributed by atoms with Crippen LogP contribution in [0.3, 0.4) is 0 Å². The first kappa shape index (κ1) is 14.5. The molecule has 5 nitrogen and oxygen atoms in total. The number of aromatic nitrogens is 1. The van der Waals surface area contributed by atoms with E-state index in [0.717, 1.165) is 17.7 Å². The monoisotopic (exact) mass is 291 g/mol. The minimum Gasteiger partial charge on any atom is -0.398 e. The molecule has 4 N–H and O–H groups in total. The molecule has 0 fully saturated rings. The molecule has 1 aromatic heterocycles. The van der Waals surface area contributed by atoms with Gasteiger partial charge in [-0.05, 0) is 19.1 Å². The largest absolute Gasteiger partial charge is 0.398 e. The molecule has 0 saturated heterocycles. The van der Waals surface area contributed by atoms with Gasteiger partial charge >= 0.3 is 0 Å². The van der Waals surface area contributed by atoms with Crippen LogP contribution in [0, 0.1) is 6.92 Å². The predicted molar refractivity (Wildman–Crippen MR) is 79.6 cm³/mol. The summed E-state index contributed by atoms with van der Waals surface area (Å²) in [6.07, 6.45) is 0.843. The molecule has 0 aliphatic carbocycles. The van der Waals surface area contributed by atoms with Crippen molar-refractivity contribution in [3.8, 4) is 0 Å². The van der Waals surface area contributed by atoms with E-state index >= 15 is 0 Å². The summed E-state index contributed by atoms with van der Waals surface area (Å²) in [5.74, 6) is -0.482. The molecule has 0 bridgehead atoms. The smallest absolute Gasteiger partial charge is 0.248 e. The Morgan fingerprint density at radius 2 is 2.25 bits per heavy atom. The van der Waals surface area contributed by atoms with Crippen molar-refractivity contribution in [3.05, 3.63) is 45.4 Å². The fraction of sp³-hybridized carbons (Fsp3) is 0.286. The molecule has 20 heavy (non-hydrogen) atoms. The van der Waals surface area contributed by atoms with Crippen molar-refractivity contribution in [1.82, 2.24) is 4.98 Å². The van der Waals surface area contributed by atoms with Gasteiger partial charge in [0.25, 0.3) is 0 Å². The summed E-state index contributed by atoms with van der Waals surface area (Å²) in [7, 11) is 0. The number of rotatable bonds is 6. The molecule has 0 aliphatic heterocycles. The minimum atomic E-state index is -0.482. The molecule has 0 atom stereocenters. The van der Waals surface area contributed by atoms with E-state index in [4.69, 9.17) is 16.2 Å². The van der Waals surface area contributed by atoms with Crippen LogP contribution in [0.1, 0.15) is 26.5 Å². The van der Waals surface area contributed by atoms with Gasteiger partial charge in [0, 0.05) is 28.1 Å². The Hall–Kier alpha value is -1.92. The van der Waals surface area contributed by atoms with Crippen LogP contribution in [0.25, 0.3) is 0 Å². The number of thiazole rings is 1. The third kappa shape index (κ3) is 3.55. The second kappa shape index (κ2) is 6.49. The zero-order chi connectivity index (χ0) is 14.5. The molecule has 0 unspecified atom stereocenters. The number of aryl methyl sites for hydroxylation is 1. The maximum atomic E-state index is 11.0. The van der Waals surface area contributed by atoms with Gasteiger partial charge in [-0.2, -0.15) is 0 Å². The van der Waals surface area contributed by atoms with Crippen molar-refractivity contribution >= 4 is 22.9 Å². The van der Waals surface area contributed by atoms with Gasteiger partial charge in [0.2, 0.25) is 5.91 Å². The summed E-state index contributed by atoms with van der Waals surface area (Å²) in [6, 6.07) is 5.01. The molecule has 106 valence electrons. The number of hydrogen-bond acceptors (Lipinski definition) is 5. The lowest BCUT2D eigenvalue weighted by molar-refractivity contribution is 0.1000. The predicted octanol–water partition coefficient (Wildman–Crippen LogP) is 1.89. The maximum Gasteiger partial charge on any atom is 0.248 e. The summed E-state index contributed by atoms with van der Waals surface area (Å²) in [5.41, 5.74) is 15.7. The number of ether oxygens (including phenoxy) is 1. The molecule has 2 aromatic rings. The second-order valence-electron chi connectivity index (χ2n) is 4.44. The van der Waals surface area contributed by atoms with Crippen molar-refractivity contribution < 1.29 is 9.53 Å². The summed E-state index contributed by atoms with van der Waals surface area (Å²) in [5, 5.41) is 0. The highest BCUT2D eigenvalue weighted by Crippen LogP contribution is 2.16.